The van der Waals surface area contributed by atoms with Crippen molar-refractivity contribution in [1.29, 1.82) is 0 Å². The second-order valence-corrected chi connectivity index (χ2v) is 7.59. The van der Waals surface area contributed by atoms with Crippen molar-refractivity contribution in [3.8, 4) is 0 Å². The molecule has 0 saturated heterocycles. The summed E-state index contributed by atoms with van der Waals surface area (Å²) in [5.41, 5.74) is 3.52. The molecule has 1 N–H and O–H groups in total. The summed E-state index contributed by atoms with van der Waals surface area (Å²) in [4.78, 5) is 0. The zero-order valence-electron chi connectivity index (χ0n) is 10.6. The van der Waals surface area contributed by atoms with Gasteiger partial charge in [-0.2, -0.15) is 0 Å². The first-order valence-electron chi connectivity index (χ1n) is 6.10. The van der Waals surface area contributed by atoms with Gasteiger partial charge in [-0.15, -0.1) is 11.6 Å². The second-order valence-electron chi connectivity index (χ2n) is 5.05. The van der Waals surface area contributed by atoms with Gasteiger partial charge in [-0.05, 0) is 43.4 Å². The lowest BCUT2D eigenvalue weighted by molar-refractivity contribution is 0.547. The standard InChI is InChI=1S/C13H18ClNO2S/c1-9(2)18(16,17)15-13-6-11-4-3-10(8-14)5-12(11)7-13/h3-5,9,13,15H,6-8H2,1-2H3/t13-/m0/s1. The molecule has 0 fully saturated rings. The third-order valence-electron chi connectivity index (χ3n) is 3.31. The van der Waals surface area contributed by atoms with Crippen LogP contribution in [0.4, 0.5) is 0 Å². The molecule has 1 atom stereocenters. The SMILES string of the molecule is CC(C)S(=O)(=O)N[C@H]1Cc2ccc(CCl)cc2C1. The maximum absolute atomic E-state index is 11.8. The van der Waals surface area contributed by atoms with E-state index in [9.17, 15) is 8.42 Å². The second kappa shape index (κ2) is 5.19. The third-order valence-corrected chi connectivity index (χ3v) is 5.52. The van der Waals surface area contributed by atoms with E-state index in [2.05, 4.69) is 16.9 Å². The van der Waals surface area contributed by atoms with Gasteiger partial charge in [0, 0.05) is 11.9 Å². The Morgan fingerprint density at radius 1 is 1.33 bits per heavy atom. The van der Waals surface area contributed by atoms with Crippen molar-refractivity contribution >= 4 is 21.6 Å². The van der Waals surface area contributed by atoms with Gasteiger partial charge in [-0.1, -0.05) is 18.2 Å². The Balaban J connectivity index is 2.11. The monoisotopic (exact) mass is 287 g/mol. The first kappa shape index (κ1) is 13.8. The van der Waals surface area contributed by atoms with Crippen LogP contribution in [0.5, 0.6) is 0 Å². The molecule has 0 aromatic heterocycles. The van der Waals surface area contributed by atoms with E-state index in [1.54, 1.807) is 13.8 Å². The van der Waals surface area contributed by atoms with Crippen LogP contribution < -0.4 is 4.72 Å². The average molecular weight is 288 g/mol. The molecule has 0 unspecified atom stereocenters. The molecule has 0 amide bonds. The van der Waals surface area contributed by atoms with Crippen molar-refractivity contribution in [3.63, 3.8) is 0 Å². The van der Waals surface area contributed by atoms with Gasteiger partial charge in [0.1, 0.15) is 0 Å². The van der Waals surface area contributed by atoms with Crippen LogP contribution >= 0.6 is 11.6 Å². The van der Waals surface area contributed by atoms with E-state index in [-0.39, 0.29) is 11.3 Å². The summed E-state index contributed by atoms with van der Waals surface area (Å²) in [6.45, 7) is 3.38. The quantitative estimate of drug-likeness (QED) is 0.863. The van der Waals surface area contributed by atoms with Crippen LogP contribution in [0.2, 0.25) is 0 Å². The van der Waals surface area contributed by atoms with E-state index in [1.807, 2.05) is 6.07 Å². The molecule has 1 aliphatic carbocycles. The van der Waals surface area contributed by atoms with E-state index >= 15 is 0 Å². The predicted molar refractivity (Wildman–Crippen MR) is 74.4 cm³/mol. The number of alkyl halides is 1. The molecule has 0 heterocycles. The van der Waals surface area contributed by atoms with Gasteiger partial charge in [0.15, 0.2) is 0 Å². The average Bonchev–Trinajstić information content (AvgIpc) is 2.68. The van der Waals surface area contributed by atoms with Crippen molar-refractivity contribution in [2.24, 2.45) is 0 Å². The summed E-state index contributed by atoms with van der Waals surface area (Å²) in [6.07, 6.45) is 1.52. The summed E-state index contributed by atoms with van der Waals surface area (Å²) in [5, 5.41) is -0.389. The minimum atomic E-state index is -3.19. The molecular weight excluding hydrogens is 270 g/mol. The molecule has 100 valence electrons. The van der Waals surface area contributed by atoms with Crippen molar-refractivity contribution < 1.29 is 8.42 Å². The molecule has 0 saturated carbocycles. The van der Waals surface area contributed by atoms with E-state index in [4.69, 9.17) is 11.6 Å². The molecule has 3 nitrogen and oxygen atoms in total. The molecular formula is C13H18ClNO2S. The van der Waals surface area contributed by atoms with Crippen LogP contribution in [0.1, 0.15) is 30.5 Å². The van der Waals surface area contributed by atoms with Gasteiger partial charge >= 0.3 is 0 Å². The molecule has 1 aromatic carbocycles. The third kappa shape index (κ3) is 2.87. The lowest BCUT2D eigenvalue weighted by atomic mass is 10.1. The number of nitrogens with one attached hydrogen (secondary N) is 1. The largest absolute Gasteiger partial charge is 0.214 e. The Morgan fingerprint density at radius 2 is 2.00 bits per heavy atom. The maximum atomic E-state index is 11.8. The molecule has 1 aliphatic rings. The smallest absolute Gasteiger partial charge is 0.212 e. The van der Waals surface area contributed by atoms with Gasteiger partial charge in [-0.25, -0.2) is 13.1 Å². The highest BCUT2D eigenvalue weighted by molar-refractivity contribution is 7.90. The number of halogens is 1. The molecule has 1 aromatic rings. The highest BCUT2D eigenvalue weighted by atomic mass is 35.5. The van der Waals surface area contributed by atoms with Crippen molar-refractivity contribution in [2.45, 2.75) is 43.9 Å². The highest BCUT2D eigenvalue weighted by Crippen LogP contribution is 2.24. The number of rotatable bonds is 4. The Kier molecular flexibility index (Phi) is 3.99. The van der Waals surface area contributed by atoms with Crippen LogP contribution in [-0.2, 0) is 28.7 Å². The minimum absolute atomic E-state index is 0.0158. The fraction of sp³-hybridized carbons (Fsp3) is 0.538. The summed E-state index contributed by atoms with van der Waals surface area (Å²) in [7, 11) is -3.19. The fourth-order valence-corrected chi connectivity index (χ4v) is 3.28. The van der Waals surface area contributed by atoms with Gasteiger partial charge in [0.05, 0.1) is 5.25 Å². The zero-order chi connectivity index (χ0) is 13.3. The summed E-state index contributed by atoms with van der Waals surface area (Å²) >= 11 is 5.80. The van der Waals surface area contributed by atoms with Crippen LogP contribution in [0.15, 0.2) is 18.2 Å². The summed E-state index contributed by atoms with van der Waals surface area (Å²) in [6, 6.07) is 6.12. The van der Waals surface area contributed by atoms with Crippen LogP contribution in [0.3, 0.4) is 0 Å². The molecule has 0 bridgehead atoms. The van der Waals surface area contributed by atoms with E-state index < -0.39 is 10.0 Å². The molecule has 18 heavy (non-hydrogen) atoms. The van der Waals surface area contributed by atoms with Gasteiger partial charge < -0.3 is 0 Å². The summed E-state index contributed by atoms with van der Waals surface area (Å²) in [5.74, 6) is 0.496. The first-order chi connectivity index (χ1) is 8.42. The van der Waals surface area contributed by atoms with Crippen molar-refractivity contribution in [2.75, 3.05) is 0 Å². The number of hydrogen-bond acceptors (Lipinski definition) is 2. The highest BCUT2D eigenvalue weighted by Gasteiger charge is 2.27. The van der Waals surface area contributed by atoms with Crippen LogP contribution in [-0.4, -0.2) is 19.7 Å². The molecule has 2 rings (SSSR count). The molecule has 0 aliphatic heterocycles. The normalized spacial score (nSPS) is 19.2. The van der Waals surface area contributed by atoms with Gasteiger partial charge in [0.25, 0.3) is 0 Å². The number of sulfonamides is 1. The summed E-state index contributed by atoms with van der Waals surface area (Å²) < 4.78 is 26.4. The van der Waals surface area contributed by atoms with Crippen molar-refractivity contribution in [3.05, 3.63) is 34.9 Å². The van der Waals surface area contributed by atoms with Crippen LogP contribution in [0.25, 0.3) is 0 Å². The maximum Gasteiger partial charge on any atom is 0.214 e. The van der Waals surface area contributed by atoms with Gasteiger partial charge in [-0.3, -0.25) is 0 Å². The van der Waals surface area contributed by atoms with E-state index in [1.165, 1.54) is 11.1 Å². The molecule has 0 spiro atoms. The first-order valence-corrected chi connectivity index (χ1v) is 8.18. The lowest BCUT2D eigenvalue weighted by Crippen LogP contribution is -2.39. The Labute approximate surface area is 114 Å². The van der Waals surface area contributed by atoms with E-state index in [0.29, 0.717) is 5.88 Å². The molecule has 5 heteroatoms. The fourth-order valence-electron chi connectivity index (χ4n) is 2.21. The minimum Gasteiger partial charge on any atom is -0.212 e. The number of hydrogen-bond donors (Lipinski definition) is 1. The van der Waals surface area contributed by atoms with Crippen molar-refractivity contribution in [1.82, 2.24) is 4.72 Å². The molecule has 0 radical (unpaired) electrons. The number of benzene rings is 1. The number of fused-ring (bicyclic) bond motifs is 1. The Morgan fingerprint density at radius 3 is 2.61 bits per heavy atom. The van der Waals surface area contributed by atoms with Gasteiger partial charge in [0.2, 0.25) is 10.0 Å². The zero-order valence-corrected chi connectivity index (χ0v) is 12.2. The topological polar surface area (TPSA) is 46.2 Å². The predicted octanol–water partition coefficient (Wildman–Crippen LogP) is 2.22. The Bertz CT molecular complexity index is 540. The Hall–Kier alpha value is -0.580. The van der Waals surface area contributed by atoms with E-state index in [0.717, 1.165) is 18.4 Å². The van der Waals surface area contributed by atoms with Crippen LogP contribution in [0, 0.1) is 0 Å². The lowest BCUT2D eigenvalue weighted by Gasteiger charge is -2.14.